The number of para-hydroxylation sites is 1. The summed E-state index contributed by atoms with van der Waals surface area (Å²) >= 11 is 1.68. The predicted octanol–water partition coefficient (Wildman–Crippen LogP) is 5.08. The number of anilines is 1. The van der Waals surface area contributed by atoms with Crippen LogP contribution in [0.1, 0.15) is 15.9 Å². The third-order valence-corrected chi connectivity index (χ3v) is 6.26. The van der Waals surface area contributed by atoms with Crippen LogP contribution in [0.15, 0.2) is 83.8 Å². The number of nitrogens with zero attached hydrogens (tertiary/aromatic N) is 2. The summed E-state index contributed by atoms with van der Waals surface area (Å²) in [6.45, 7) is 2.44. The van der Waals surface area contributed by atoms with E-state index in [9.17, 15) is 9.18 Å². The average Bonchev–Trinajstić information content (AvgIpc) is 2.79. The van der Waals surface area contributed by atoms with Gasteiger partial charge in [0.05, 0.1) is 11.3 Å². The molecular weight excluding hydrogens is 383 g/mol. The molecule has 148 valence electrons. The maximum absolute atomic E-state index is 14.0. The molecule has 1 fully saturated rings. The minimum atomic E-state index is -0.213. The topological polar surface area (TPSA) is 23.6 Å². The molecular formula is C24H23FN2OS. The molecule has 3 aromatic carbocycles. The summed E-state index contributed by atoms with van der Waals surface area (Å²) in [6, 6.07) is 24.9. The van der Waals surface area contributed by atoms with E-state index >= 15 is 0 Å². The lowest BCUT2D eigenvalue weighted by molar-refractivity contribution is 0.0743. The number of hydrogen-bond acceptors (Lipinski definition) is 3. The lowest BCUT2D eigenvalue weighted by Gasteiger charge is -2.36. The van der Waals surface area contributed by atoms with E-state index in [2.05, 4.69) is 12.1 Å². The van der Waals surface area contributed by atoms with Crippen molar-refractivity contribution in [2.75, 3.05) is 31.1 Å². The zero-order chi connectivity index (χ0) is 20.1. The highest BCUT2D eigenvalue weighted by Gasteiger charge is 2.24. The van der Waals surface area contributed by atoms with Crippen LogP contribution in [0, 0.1) is 5.82 Å². The minimum absolute atomic E-state index is 0.0503. The molecule has 0 N–H and O–H groups in total. The number of benzene rings is 3. The largest absolute Gasteiger partial charge is 0.366 e. The third kappa shape index (κ3) is 4.62. The van der Waals surface area contributed by atoms with Gasteiger partial charge in [0, 0.05) is 36.8 Å². The molecule has 3 aromatic rings. The third-order valence-electron chi connectivity index (χ3n) is 5.11. The van der Waals surface area contributed by atoms with Gasteiger partial charge in [-0.05, 0) is 29.8 Å². The minimum Gasteiger partial charge on any atom is -0.366 e. The van der Waals surface area contributed by atoms with Crippen LogP contribution in [0.2, 0.25) is 0 Å². The van der Waals surface area contributed by atoms with Crippen molar-refractivity contribution in [1.82, 2.24) is 4.90 Å². The lowest BCUT2D eigenvalue weighted by Crippen LogP contribution is -2.49. The predicted molar refractivity (Wildman–Crippen MR) is 117 cm³/mol. The molecule has 0 aliphatic carbocycles. The zero-order valence-corrected chi connectivity index (χ0v) is 16.9. The Balaban J connectivity index is 1.42. The highest BCUT2D eigenvalue weighted by molar-refractivity contribution is 7.98. The second-order valence-electron chi connectivity index (χ2n) is 7.00. The van der Waals surface area contributed by atoms with Crippen molar-refractivity contribution in [3.05, 3.63) is 95.8 Å². The van der Waals surface area contributed by atoms with Crippen LogP contribution in [0.3, 0.4) is 0 Å². The second kappa shape index (κ2) is 9.14. The number of halogens is 1. The zero-order valence-electron chi connectivity index (χ0n) is 16.1. The van der Waals surface area contributed by atoms with E-state index in [0.717, 1.165) is 16.2 Å². The molecule has 0 aromatic heterocycles. The van der Waals surface area contributed by atoms with E-state index < -0.39 is 0 Å². The summed E-state index contributed by atoms with van der Waals surface area (Å²) in [7, 11) is 0. The summed E-state index contributed by atoms with van der Waals surface area (Å²) in [5.41, 5.74) is 2.59. The number of thioether (sulfide) groups is 1. The van der Waals surface area contributed by atoms with Crippen LogP contribution in [-0.2, 0) is 5.75 Å². The molecule has 0 bridgehead atoms. The van der Waals surface area contributed by atoms with E-state index in [1.807, 2.05) is 58.3 Å². The normalized spacial score (nSPS) is 14.1. The molecule has 1 amide bonds. The number of carbonyl (C=O) groups excluding carboxylic acids is 1. The van der Waals surface area contributed by atoms with Gasteiger partial charge in [-0.3, -0.25) is 4.79 Å². The first-order chi connectivity index (χ1) is 14.2. The van der Waals surface area contributed by atoms with Crippen molar-refractivity contribution < 1.29 is 9.18 Å². The van der Waals surface area contributed by atoms with Gasteiger partial charge < -0.3 is 9.80 Å². The smallest absolute Gasteiger partial charge is 0.255 e. The molecule has 29 heavy (non-hydrogen) atoms. The van der Waals surface area contributed by atoms with Gasteiger partial charge in [-0.1, -0.05) is 54.6 Å². The maximum atomic E-state index is 14.0. The number of amides is 1. The highest BCUT2D eigenvalue weighted by atomic mass is 32.2. The summed E-state index contributed by atoms with van der Waals surface area (Å²) < 4.78 is 14.0. The SMILES string of the molecule is O=C(c1ccccc1SCc1ccccc1)N1CCN(c2ccccc2F)CC1. The van der Waals surface area contributed by atoms with Crippen LogP contribution >= 0.6 is 11.8 Å². The van der Waals surface area contributed by atoms with Crippen LogP contribution in [0.4, 0.5) is 10.1 Å². The number of rotatable bonds is 5. The molecule has 4 rings (SSSR count). The Kier molecular flexibility index (Phi) is 6.15. The van der Waals surface area contributed by atoms with Gasteiger partial charge in [0.25, 0.3) is 5.91 Å². The summed E-state index contributed by atoms with van der Waals surface area (Å²) in [5.74, 6) is 0.663. The average molecular weight is 407 g/mol. The number of piperazine rings is 1. The van der Waals surface area contributed by atoms with Crippen LogP contribution in [-0.4, -0.2) is 37.0 Å². The van der Waals surface area contributed by atoms with E-state index in [1.165, 1.54) is 11.6 Å². The Morgan fingerprint density at radius 2 is 1.48 bits per heavy atom. The molecule has 1 aliphatic heterocycles. The second-order valence-corrected chi connectivity index (χ2v) is 8.02. The van der Waals surface area contributed by atoms with Gasteiger partial charge in [-0.25, -0.2) is 4.39 Å². The molecule has 1 aliphatic rings. The molecule has 0 saturated carbocycles. The van der Waals surface area contributed by atoms with Gasteiger partial charge in [0.1, 0.15) is 5.82 Å². The van der Waals surface area contributed by atoms with Gasteiger partial charge in [0.2, 0.25) is 0 Å². The molecule has 0 unspecified atom stereocenters. The van der Waals surface area contributed by atoms with Crippen molar-refractivity contribution in [1.29, 1.82) is 0 Å². The maximum Gasteiger partial charge on any atom is 0.255 e. The first-order valence-corrected chi connectivity index (χ1v) is 10.8. The fourth-order valence-electron chi connectivity index (χ4n) is 3.53. The van der Waals surface area contributed by atoms with Crippen LogP contribution in [0.5, 0.6) is 0 Å². The first-order valence-electron chi connectivity index (χ1n) is 9.77. The Morgan fingerprint density at radius 1 is 0.828 bits per heavy atom. The molecule has 0 radical (unpaired) electrons. The van der Waals surface area contributed by atoms with Crippen LogP contribution in [0.25, 0.3) is 0 Å². The van der Waals surface area contributed by atoms with Gasteiger partial charge >= 0.3 is 0 Å². The number of carbonyl (C=O) groups is 1. The quantitative estimate of drug-likeness (QED) is 0.552. The fourth-order valence-corrected chi connectivity index (χ4v) is 4.53. The molecule has 0 spiro atoms. The van der Waals surface area contributed by atoms with Gasteiger partial charge in [-0.15, -0.1) is 11.8 Å². The van der Waals surface area contributed by atoms with Crippen LogP contribution < -0.4 is 4.90 Å². The first kappa shape index (κ1) is 19.5. The van der Waals surface area contributed by atoms with E-state index in [4.69, 9.17) is 0 Å². The summed E-state index contributed by atoms with van der Waals surface area (Å²) in [4.78, 5) is 18.0. The molecule has 1 saturated heterocycles. The monoisotopic (exact) mass is 406 g/mol. The van der Waals surface area contributed by atoms with Crippen molar-refractivity contribution in [2.45, 2.75) is 10.6 Å². The van der Waals surface area contributed by atoms with E-state index in [-0.39, 0.29) is 11.7 Å². The molecule has 0 atom stereocenters. The molecule has 3 nitrogen and oxygen atoms in total. The Bertz CT molecular complexity index is 971. The van der Waals surface area contributed by atoms with Gasteiger partial charge in [0.15, 0.2) is 0 Å². The summed E-state index contributed by atoms with van der Waals surface area (Å²) in [6.07, 6.45) is 0. The fraction of sp³-hybridized carbons (Fsp3) is 0.208. The van der Waals surface area contributed by atoms with Gasteiger partial charge in [-0.2, -0.15) is 0 Å². The Morgan fingerprint density at radius 3 is 2.24 bits per heavy atom. The molecule has 5 heteroatoms. The van der Waals surface area contributed by atoms with E-state index in [0.29, 0.717) is 31.9 Å². The van der Waals surface area contributed by atoms with Crippen molar-refractivity contribution in [3.8, 4) is 0 Å². The number of hydrogen-bond donors (Lipinski definition) is 0. The highest BCUT2D eigenvalue weighted by Crippen LogP contribution is 2.28. The Labute approximate surface area is 175 Å². The standard InChI is InChI=1S/C24H23FN2OS/c25-21-11-5-6-12-22(21)26-14-16-27(17-15-26)24(28)20-10-4-7-13-23(20)29-18-19-8-2-1-3-9-19/h1-13H,14-18H2. The summed E-state index contributed by atoms with van der Waals surface area (Å²) in [5, 5.41) is 0. The van der Waals surface area contributed by atoms with Crippen molar-refractivity contribution in [2.24, 2.45) is 0 Å². The van der Waals surface area contributed by atoms with Crippen molar-refractivity contribution in [3.63, 3.8) is 0 Å². The lowest BCUT2D eigenvalue weighted by atomic mass is 10.1. The molecule has 1 heterocycles. The van der Waals surface area contributed by atoms with Crippen molar-refractivity contribution >= 4 is 23.4 Å². The Hall–Kier alpha value is -2.79. The van der Waals surface area contributed by atoms with E-state index in [1.54, 1.807) is 23.9 Å².